The minimum atomic E-state index is -3.29. The van der Waals surface area contributed by atoms with Gasteiger partial charge in [0.2, 0.25) is 11.8 Å². The number of alkyl halides is 2. The number of rotatable bonds is 11. The number of aliphatic hydroxyl groups excluding tert-OH is 2. The lowest BCUT2D eigenvalue weighted by molar-refractivity contribution is -0.370. The number of fused-ring (bicyclic) bond motifs is 5. The lowest BCUT2D eigenvalue weighted by Crippen LogP contribution is -2.86. The van der Waals surface area contributed by atoms with Gasteiger partial charge in [-0.3, -0.25) is 28.3 Å². The summed E-state index contributed by atoms with van der Waals surface area (Å²) in [6, 6.07) is 6.46. The Morgan fingerprint density at radius 1 is 1.02 bits per heavy atom. The van der Waals surface area contributed by atoms with E-state index in [9.17, 15) is 34.5 Å². The monoisotopic (exact) mass is 758 g/mol. The van der Waals surface area contributed by atoms with Crippen LogP contribution in [0.3, 0.4) is 0 Å². The predicted octanol–water partition coefficient (Wildman–Crippen LogP) is 2.71. The molecule has 15 heteroatoms. The van der Waals surface area contributed by atoms with Crippen LogP contribution in [0.5, 0.6) is 0 Å². The first kappa shape index (κ1) is 39.8. The Hall–Kier alpha value is -3.92. The van der Waals surface area contributed by atoms with E-state index in [1.807, 2.05) is 13.8 Å². The maximum atomic E-state index is 15.2. The number of ketones is 1. The first-order valence-corrected chi connectivity index (χ1v) is 18.6. The van der Waals surface area contributed by atoms with Crippen molar-refractivity contribution in [3.8, 4) is 0 Å². The number of aliphatic hydroxyl groups is 3. The molecule has 0 radical (unpaired) electrons. The number of halogens is 2. The number of hydrogen-bond donors (Lipinski definition) is 5. The predicted molar refractivity (Wildman–Crippen MR) is 190 cm³/mol. The van der Waals surface area contributed by atoms with Crippen LogP contribution in [0.1, 0.15) is 90.2 Å². The minimum absolute atomic E-state index is 0.0365. The molecular weight excluding hydrogens is 706 g/mol. The smallest absolute Gasteiger partial charge is 0.421 e. The second-order valence-electron chi connectivity index (χ2n) is 16.6. The third-order valence-electron chi connectivity index (χ3n) is 12.7. The summed E-state index contributed by atoms with van der Waals surface area (Å²) in [5.41, 5.74) is -6.61. The molecule has 1 saturated heterocycles. The van der Waals surface area contributed by atoms with E-state index in [2.05, 4.69) is 17.2 Å². The Balaban J connectivity index is 1.02. The van der Waals surface area contributed by atoms with Gasteiger partial charge in [-0.05, 0) is 62.8 Å². The van der Waals surface area contributed by atoms with Crippen molar-refractivity contribution in [3.63, 3.8) is 0 Å². The molecule has 2 aromatic rings. The zero-order valence-corrected chi connectivity index (χ0v) is 31.5. The van der Waals surface area contributed by atoms with Crippen LogP contribution in [0.15, 0.2) is 43.1 Å². The van der Waals surface area contributed by atoms with E-state index in [-0.39, 0.29) is 51.1 Å². The number of amides is 2. The zero-order valence-electron chi connectivity index (χ0n) is 31.5. The fourth-order valence-corrected chi connectivity index (χ4v) is 10.0. The standard InChI is InChI=1S/C39H52F2N4O9/c1-7-35(4)22-27(47)38(52)36(5)26(46)16-17-34(2,3)32(36)31(51)33(37(38,6)54-35)53-30(50)15-14-29(49)43-19-18-42-28(48)13-12-23-10-11-25-21-24-9-8-20-44(24)39(40,41)45(23)25/h7-11,20,26,31-33,46,51-52H,1,12-19,21-22H2,2-6H3,(H,42,48)(H,43,49)/t26-,31-,32?,33-,35-,36-,37+,38-/m0/s1. The number of nitrogens with one attached hydrogen (secondary N) is 2. The zero-order chi connectivity index (χ0) is 39.6. The molecule has 5 N–H and O–H groups in total. The van der Waals surface area contributed by atoms with Gasteiger partial charge in [-0.1, -0.05) is 26.8 Å². The Kier molecular flexibility index (Phi) is 10.1. The second-order valence-corrected chi connectivity index (χ2v) is 16.6. The highest BCUT2D eigenvalue weighted by Gasteiger charge is 2.81. The molecule has 296 valence electrons. The summed E-state index contributed by atoms with van der Waals surface area (Å²) in [7, 11) is 0. The van der Waals surface area contributed by atoms with Crippen LogP contribution in [0.25, 0.3) is 0 Å². The van der Waals surface area contributed by atoms with E-state index < -0.39 is 82.1 Å². The van der Waals surface area contributed by atoms with Crippen LogP contribution >= 0.6 is 0 Å². The molecule has 6 rings (SSSR count). The summed E-state index contributed by atoms with van der Waals surface area (Å²) < 4.78 is 44.5. The van der Waals surface area contributed by atoms with Gasteiger partial charge < -0.3 is 35.4 Å². The van der Waals surface area contributed by atoms with Gasteiger partial charge in [0.25, 0.3) is 0 Å². The maximum absolute atomic E-state index is 15.2. The third-order valence-corrected chi connectivity index (χ3v) is 12.7. The molecule has 1 unspecified atom stereocenters. The highest BCUT2D eigenvalue weighted by Crippen LogP contribution is 2.67. The third kappa shape index (κ3) is 6.11. The molecule has 4 heterocycles. The van der Waals surface area contributed by atoms with Crippen molar-refractivity contribution >= 4 is 23.6 Å². The number of nitrogens with zero attached hydrogens (tertiary/aromatic N) is 2. The van der Waals surface area contributed by atoms with Gasteiger partial charge in [0.05, 0.1) is 24.2 Å². The van der Waals surface area contributed by atoms with Crippen molar-refractivity contribution in [1.29, 1.82) is 0 Å². The SMILES string of the molecule is C=C[C@@]1(C)CC(=O)[C@@]2(O)[C@](C)(O1)[C@@H](OC(=O)CCC(=O)NCCNC(=O)CCc1ccc3n1C(F)(F)n1cccc1C3)[C@@H](O)C1C(C)(C)CC[C@H](O)[C@@]12C. The van der Waals surface area contributed by atoms with Crippen LogP contribution in [0, 0.1) is 16.7 Å². The van der Waals surface area contributed by atoms with Gasteiger partial charge in [-0.25, -0.2) is 0 Å². The number of aryl methyl sites for hydroxylation is 1. The Morgan fingerprint density at radius 3 is 2.35 bits per heavy atom. The summed E-state index contributed by atoms with van der Waals surface area (Å²) in [6.45, 7) is 12.2. The molecule has 2 saturated carbocycles. The molecule has 2 aliphatic carbocycles. The van der Waals surface area contributed by atoms with E-state index in [0.717, 1.165) is 9.13 Å². The number of hydrogen-bond acceptors (Lipinski definition) is 9. The van der Waals surface area contributed by atoms with Gasteiger partial charge in [-0.15, -0.1) is 6.58 Å². The van der Waals surface area contributed by atoms with Crippen molar-refractivity contribution in [1.82, 2.24) is 19.8 Å². The average Bonchev–Trinajstić information content (AvgIpc) is 3.75. The van der Waals surface area contributed by atoms with E-state index in [0.29, 0.717) is 29.9 Å². The summed E-state index contributed by atoms with van der Waals surface area (Å²) >= 11 is 0. The first-order valence-electron chi connectivity index (χ1n) is 18.6. The largest absolute Gasteiger partial charge is 0.456 e. The number of carbonyl (C=O) groups excluding carboxylic acids is 4. The van der Waals surface area contributed by atoms with Crippen molar-refractivity contribution in [3.05, 3.63) is 60.2 Å². The molecule has 0 aromatic carbocycles. The summed E-state index contributed by atoms with van der Waals surface area (Å²) in [5.74, 6) is -3.29. The fourth-order valence-electron chi connectivity index (χ4n) is 10.0. The topological polar surface area (TPSA) is 181 Å². The molecule has 13 nitrogen and oxygen atoms in total. The quantitative estimate of drug-likeness (QED) is 0.131. The highest BCUT2D eigenvalue weighted by molar-refractivity contribution is 5.92. The molecule has 0 spiro atoms. The lowest BCUT2D eigenvalue weighted by Gasteiger charge is -2.71. The number of carbonyl (C=O) groups is 4. The normalized spacial score (nSPS) is 34.7. The summed E-state index contributed by atoms with van der Waals surface area (Å²) in [4.78, 5) is 52.5. The van der Waals surface area contributed by atoms with Gasteiger partial charge in [-0.2, -0.15) is 8.78 Å². The van der Waals surface area contributed by atoms with Crippen molar-refractivity contribution < 1.29 is 52.8 Å². The van der Waals surface area contributed by atoms with E-state index in [1.54, 1.807) is 38.1 Å². The first-order chi connectivity index (χ1) is 25.2. The minimum Gasteiger partial charge on any atom is -0.456 e. The van der Waals surface area contributed by atoms with Crippen LogP contribution < -0.4 is 10.6 Å². The van der Waals surface area contributed by atoms with Crippen LogP contribution in [0.4, 0.5) is 8.78 Å². The lowest BCUT2D eigenvalue weighted by atomic mass is 9.40. The van der Waals surface area contributed by atoms with Crippen LogP contribution in [-0.2, 0) is 47.7 Å². The van der Waals surface area contributed by atoms with Crippen LogP contribution in [-0.4, -0.2) is 96.2 Å². The Morgan fingerprint density at radius 2 is 1.69 bits per heavy atom. The average molecular weight is 759 g/mol. The molecule has 2 amide bonds. The second kappa shape index (κ2) is 13.7. The van der Waals surface area contributed by atoms with Gasteiger partial charge in [0, 0.05) is 73.4 Å². The molecule has 54 heavy (non-hydrogen) atoms. The van der Waals surface area contributed by atoms with Crippen molar-refractivity contribution in [2.75, 3.05) is 13.1 Å². The highest BCUT2D eigenvalue weighted by atomic mass is 19.3. The molecule has 8 atom stereocenters. The number of Topliss-reactive ketones (excluding diaryl/α,β-unsaturated/α-hetero) is 1. The van der Waals surface area contributed by atoms with Crippen molar-refractivity contribution in [2.45, 2.75) is 127 Å². The molecule has 0 bridgehead atoms. The van der Waals surface area contributed by atoms with Gasteiger partial charge >= 0.3 is 12.1 Å². The van der Waals surface area contributed by atoms with Crippen molar-refractivity contribution in [2.24, 2.45) is 16.7 Å². The number of esters is 1. The molecule has 3 fully saturated rings. The molecule has 2 aromatic heterocycles. The molecular formula is C39H52F2N4O9. The van der Waals surface area contributed by atoms with Gasteiger partial charge in [0.1, 0.15) is 5.60 Å². The van der Waals surface area contributed by atoms with E-state index in [4.69, 9.17) is 9.47 Å². The Labute approximate surface area is 313 Å². The molecule has 4 aliphatic rings. The fraction of sp³-hybridized carbons (Fsp3) is 0.641. The summed E-state index contributed by atoms with van der Waals surface area (Å²) in [5, 5.41) is 41.2. The van der Waals surface area contributed by atoms with Gasteiger partial charge in [0.15, 0.2) is 17.5 Å². The number of ether oxygens (including phenoxy) is 2. The number of aromatic nitrogens is 2. The van der Waals surface area contributed by atoms with E-state index in [1.165, 1.54) is 19.2 Å². The van der Waals surface area contributed by atoms with Crippen LogP contribution in [0.2, 0.25) is 0 Å². The molecule has 2 aliphatic heterocycles. The summed E-state index contributed by atoms with van der Waals surface area (Å²) in [6.07, 6.45) is -4.55. The van der Waals surface area contributed by atoms with E-state index >= 15 is 8.78 Å². The maximum Gasteiger partial charge on any atom is 0.421 e. The Bertz CT molecular complexity index is 1840.